The van der Waals surface area contributed by atoms with Gasteiger partial charge >= 0.3 is 5.97 Å². The van der Waals surface area contributed by atoms with E-state index in [0.29, 0.717) is 12.3 Å². The predicted octanol–water partition coefficient (Wildman–Crippen LogP) is 1.68. The number of benzene rings is 1. The molecule has 6 nitrogen and oxygen atoms in total. The number of carboxylic acids is 1. The highest BCUT2D eigenvalue weighted by atomic mass is 16.5. The van der Waals surface area contributed by atoms with E-state index in [4.69, 9.17) is 14.6 Å². The molecule has 6 heteroatoms. The van der Waals surface area contributed by atoms with E-state index < -0.39 is 11.6 Å². The number of ether oxygens (including phenoxy) is 2. The smallest absolute Gasteiger partial charge is 0.341 e. The van der Waals surface area contributed by atoms with Crippen molar-refractivity contribution in [2.45, 2.75) is 31.4 Å². The Morgan fingerprint density at radius 1 is 1.27 bits per heavy atom. The van der Waals surface area contributed by atoms with E-state index in [1.165, 1.54) is 0 Å². The van der Waals surface area contributed by atoms with E-state index in [1.807, 2.05) is 12.1 Å². The lowest BCUT2D eigenvalue weighted by Crippen LogP contribution is -2.53. The Kier molecular flexibility index (Phi) is 5.03. The molecule has 0 aliphatic heterocycles. The van der Waals surface area contributed by atoms with E-state index in [9.17, 15) is 9.59 Å². The largest absolute Gasteiger partial charge is 0.482 e. The van der Waals surface area contributed by atoms with E-state index in [1.54, 1.807) is 31.2 Å². The molecule has 1 amide bonds. The van der Waals surface area contributed by atoms with Crippen molar-refractivity contribution in [2.75, 3.05) is 20.8 Å². The van der Waals surface area contributed by atoms with Crippen LogP contribution in [-0.4, -0.2) is 48.2 Å². The normalized spacial score (nSPS) is 15.7. The van der Waals surface area contributed by atoms with Crippen LogP contribution in [0, 0.1) is 0 Å². The zero-order valence-corrected chi connectivity index (χ0v) is 12.9. The topological polar surface area (TPSA) is 76.1 Å². The van der Waals surface area contributed by atoms with E-state index >= 15 is 0 Å². The Morgan fingerprint density at radius 3 is 2.36 bits per heavy atom. The van der Waals surface area contributed by atoms with Crippen molar-refractivity contribution < 1.29 is 24.2 Å². The number of likely N-dealkylation sites (N-methyl/N-ethyl adjacent to an activating group) is 1. The molecule has 0 atom stereocenters. The molecular formula is C16H21NO5. The minimum atomic E-state index is -1.01. The van der Waals surface area contributed by atoms with Gasteiger partial charge in [-0.2, -0.15) is 0 Å². The van der Waals surface area contributed by atoms with Crippen LogP contribution in [0.5, 0.6) is 5.75 Å². The summed E-state index contributed by atoms with van der Waals surface area (Å²) in [6.07, 6.45) is 2.56. The molecule has 1 aromatic rings. The summed E-state index contributed by atoms with van der Waals surface area (Å²) in [5, 5.41) is 8.56. The first-order chi connectivity index (χ1) is 10.5. The molecule has 0 aromatic heterocycles. The SMILES string of the molecule is COC1(C(=O)N(C)Cc2ccc(OCC(=O)O)cc2)CCC1. The molecule has 1 N–H and O–H groups in total. The third-order valence-electron chi connectivity index (χ3n) is 3.99. The molecule has 2 rings (SSSR count). The van der Waals surface area contributed by atoms with Gasteiger partial charge in [0, 0.05) is 20.7 Å². The summed E-state index contributed by atoms with van der Waals surface area (Å²) in [6, 6.07) is 7.04. The first-order valence-electron chi connectivity index (χ1n) is 7.21. The Labute approximate surface area is 129 Å². The molecule has 0 radical (unpaired) electrons. The van der Waals surface area contributed by atoms with Gasteiger partial charge in [0.2, 0.25) is 0 Å². The highest BCUT2D eigenvalue weighted by Crippen LogP contribution is 2.36. The number of rotatable bonds is 7. The van der Waals surface area contributed by atoms with Gasteiger partial charge in [-0.25, -0.2) is 4.79 Å². The number of hydrogen-bond donors (Lipinski definition) is 1. The van der Waals surface area contributed by atoms with Crippen molar-refractivity contribution in [3.05, 3.63) is 29.8 Å². The summed E-state index contributed by atoms with van der Waals surface area (Å²) >= 11 is 0. The standard InChI is InChI=1S/C16H21NO5/c1-17(15(20)16(21-2)8-3-9-16)10-12-4-6-13(7-5-12)22-11-14(18)19/h4-7H,3,8-11H2,1-2H3,(H,18,19). The lowest BCUT2D eigenvalue weighted by atomic mass is 9.79. The summed E-state index contributed by atoms with van der Waals surface area (Å²) in [4.78, 5) is 24.5. The van der Waals surface area contributed by atoms with Gasteiger partial charge in [0.05, 0.1) is 0 Å². The van der Waals surface area contributed by atoms with E-state index in [0.717, 1.165) is 24.8 Å². The minimum absolute atomic E-state index is 0.00690. The second-order valence-electron chi connectivity index (χ2n) is 5.54. The molecule has 0 spiro atoms. The fourth-order valence-corrected chi connectivity index (χ4v) is 2.53. The number of carbonyl (C=O) groups excluding carboxylic acids is 1. The first-order valence-corrected chi connectivity index (χ1v) is 7.21. The summed E-state index contributed by atoms with van der Waals surface area (Å²) < 4.78 is 10.5. The van der Waals surface area contributed by atoms with E-state index in [-0.39, 0.29) is 12.5 Å². The van der Waals surface area contributed by atoms with Crippen LogP contribution in [0.2, 0.25) is 0 Å². The van der Waals surface area contributed by atoms with Crippen LogP contribution in [0.4, 0.5) is 0 Å². The molecule has 1 aliphatic carbocycles. The van der Waals surface area contributed by atoms with Crippen molar-refractivity contribution in [3.63, 3.8) is 0 Å². The van der Waals surface area contributed by atoms with Crippen LogP contribution in [0.15, 0.2) is 24.3 Å². The second kappa shape index (κ2) is 6.79. The Hall–Kier alpha value is -2.08. The highest BCUT2D eigenvalue weighted by Gasteiger charge is 2.45. The van der Waals surface area contributed by atoms with Gasteiger partial charge < -0.3 is 19.5 Å². The third kappa shape index (κ3) is 3.57. The van der Waals surface area contributed by atoms with Crippen molar-refractivity contribution in [1.29, 1.82) is 0 Å². The van der Waals surface area contributed by atoms with Gasteiger partial charge in [-0.15, -0.1) is 0 Å². The van der Waals surface area contributed by atoms with Crippen molar-refractivity contribution in [2.24, 2.45) is 0 Å². The average molecular weight is 307 g/mol. The maximum atomic E-state index is 12.4. The number of carboxylic acid groups (broad SMARTS) is 1. The number of carbonyl (C=O) groups is 2. The maximum absolute atomic E-state index is 12.4. The van der Waals surface area contributed by atoms with Crippen LogP contribution < -0.4 is 4.74 Å². The molecule has 1 aliphatic rings. The lowest BCUT2D eigenvalue weighted by Gasteiger charge is -2.41. The molecule has 120 valence electrons. The quantitative estimate of drug-likeness (QED) is 0.829. The fraction of sp³-hybridized carbons (Fsp3) is 0.500. The summed E-state index contributed by atoms with van der Waals surface area (Å²) in [6.45, 7) is 0.108. The third-order valence-corrected chi connectivity index (χ3v) is 3.99. The number of methoxy groups -OCH3 is 1. The van der Waals surface area contributed by atoms with Gasteiger partial charge in [-0.05, 0) is 37.0 Å². The van der Waals surface area contributed by atoms with Crippen LogP contribution >= 0.6 is 0 Å². The molecule has 22 heavy (non-hydrogen) atoms. The minimum Gasteiger partial charge on any atom is -0.482 e. The molecule has 1 saturated carbocycles. The number of amides is 1. The first kappa shape index (κ1) is 16.3. The number of hydrogen-bond acceptors (Lipinski definition) is 4. The molecular weight excluding hydrogens is 286 g/mol. The zero-order chi connectivity index (χ0) is 16.2. The van der Waals surface area contributed by atoms with Gasteiger partial charge in [0.15, 0.2) is 6.61 Å². The van der Waals surface area contributed by atoms with Gasteiger partial charge in [0.25, 0.3) is 5.91 Å². The molecule has 0 bridgehead atoms. The Morgan fingerprint density at radius 2 is 1.91 bits per heavy atom. The number of nitrogens with zero attached hydrogens (tertiary/aromatic N) is 1. The summed E-state index contributed by atoms with van der Waals surface area (Å²) in [5.74, 6) is -0.514. The monoisotopic (exact) mass is 307 g/mol. The van der Waals surface area contributed by atoms with Gasteiger partial charge in [0.1, 0.15) is 11.4 Å². The maximum Gasteiger partial charge on any atom is 0.341 e. The van der Waals surface area contributed by atoms with E-state index in [2.05, 4.69) is 0 Å². The predicted molar refractivity (Wildman–Crippen MR) is 79.6 cm³/mol. The Bertz CT molecular complexity index is 530. The van der Waals surface area contributed by atoms with Crippen LogP contribution in [0.3, 0.4) is 0 Å². The second-order valence-corrected chi connectivity index (χ2v) is 5.54. The molecule has 0 heterocycles. The van der Waals surface area contributed by atoms with Crippen molar-refractivity contribution >= 4 is 11.9 Å². The average Bonchev–Trinajstić information content (AvgIpc) is 2.45. The van der Waals surface area contributed by atoms with Crippen molar-refractivity contribution in [1.82, 2.24) is 4.90 Å². The lowest BCUT2D eigenvalue weighted by molar-refractivity contribution is -0.165. The van der Waals surface area contributed by atoms with Crippen LogP contribution in [-0.2, 0) is 20.9 Å². The van der Waals surface area contributed by atoms with Gasteiger partial charge in [-0.1, -0.05) is 12.1 Å². The highest BCUT2D eigenvalue weighted by molar-refractivity contribution is 5.86. The summed E-state index contributed by atoms with van der Waals surface area (Å²) in [5.41, 5.74) is 0.309. The molecule has 0 saturated heterocycles. The van der Waals surface area contributed by atoms with Gasteiger partial charge in [-0.3, -0.25) is 4.79 Å². The fourth-order valence-electron chi connectivity index (χ4n) is 2.53. The summed E-state index contributed by atoms with van der Waals surface area (Å²) in [7, 11) is 3.34. The van der Waals surface area contributed by atoms with Crippen molar-refractivity contribution in [3.8, 4) is 5.75 Å². The van der Waals surface area contributed by atoms with Crippen LogP contribution in [0.1, 0.15) is 24.8 Å². The molecule has 1 fully saturated rings. The molecule has 1 aromatic carbocycles. The van der Waals surface area contributed by atoms with Crippen LogP contribution in [0.25, 0.3) is 0 Å². The number of aliphatic carboxylic acids is 1. The molecule has 0 unspecified atom stereocenters. The Balaban J connectivity index is 1.92. The zero-order valence-electron chi connectivity index (χ0n) is 12.9.